The number of hydrogen-bond acceptors (Lipinski definition) is 3. The summed E-state index contributed by atoms with van der Waals surface area (Å²) >= 11 is 0. The first-order chi connectivity index (χ1) is 7.55. The van der Waals surface area contributed by atoms with Gasteiger partial charge in [0.25, 0.3) is 5.82 Å². The van der Waals surface area contributed by atoms with Crippen molar-refractivity contribution in [1.82, 2.24) is 14.8 Å². The molecular formula is C9H11F3N4. The maximum absolute atomic E-state index is 12.5. The lowest BCUT2D eigenvalue weighted by atomic mass is 10.1. The van der Waals surface area contributed by atoms with E-state index in [1.54, 1.807) is 0 Å². The smallest absolute Gasteiger partial charge is 0.354 e. The number of anilines is 1. The van der Waals surface area contributed by atoms with Crippen molar-refractivity contribution in [3.05, 3.63) is 5.82 Å². The normalized spacial score (nSPS) is 25.1. The number of hydrogen-bond donors (Lipinski definition) is 1. The molecule has 1 unspecified atom stereocenters. The van der Waals surface area contributed by atoms with Crippen LogP contribution in [0.1, 0.15) is 31.1 Å². The summed E-state index contributed by atoms with van der Waals surface area (Å²) in [6.07, 6.45) is -1.45. The van der Waals surface area contributed by atoms with E-state index in [4.69, 9.17) is 0 Å². The van der Waals surface area contributed by atoms with E-state index >= 15 is 0 Å². The second kappa shape index (κ2) is 3.11. The van der Waals surface area contributed by atoms with E-state index in [2.05, 4.69) is 15.4 Å². The van der Waals surface area contributed by atoms with Crippen LogP contribution in [-0.4, -0.2) is 21.3 Å². The summed E-state index contributed by atoms with van der Waals surface area (Å²) in [5.74, 6) is -0.290. The number of rotatable bonds is 1. The van der Waals surface area contributed by atoms with Crippen molar-refractivity contribution in [3.63, 3.8) is 0 Å². The predicted molar refractivity (Wildman–Crippen MR) is 49.9 cm³/mol. The molecule has 1 aliphatic carbocycles. The Morgan fingerprint density at radius 3 is 2.62 bits per heavy atom. The molecule has 1 N–H and O–H groups in total. The van der Waals surface area contributed by atoms with Crippen LogP contribution < -0.4 is 5.32 Å². The van der Waals surface area contributed by atoms with Crippen molar-refractivity contribution < 1.29 is 13.2 Å². The van der Waals surface area contributed by atoms with E-state index in [1.165, 1.54) is 4.68 Å². The van der Waals surface area contributed by atoms with Crippen LogP contribution in [0.2, 0.25) is 0 Å². The first kappa shape index (κ1) is 9.92. The van der Waals surface area contributed by atoms with E-state index in [1.807, 2.05) is 0 Å². The molecule has 0 amide bonds. The molecule has 16 heavy (non-hydrogen) atoms. The summed E-state index contributed by atoms with van der Waals surface area (Å²) in [7, 11) is 0. The molecule has 1 aliphatic heterocycles. The predicted octanol–water partition coefficient (Wildman–Crippen LogP) is 2.06. The molecule has 2 aliphatic rings. The van der Waals surface area contributed by atoms with Gasteiger partial charge in [-0.1, -0.05) is 0 Å². The minimum absolute atomic E-state index is 0.0971. The molecule has 1 aromatic heterocycles. The Kier molecular flexibility index (Phi) is 1.93. The van der Waals surface area contributed by atoms with Gasteiger partial charge in [0.15, 0.2) is 0 Å². The summed E-state index contributed by atoms with van der Waals surface area (Å²) in [6.45, 7) is 0.678. The Balaban J connectivity index is 1.97. The van der Waals surface area contributed by atoms with Gasteiger partial charge in [-0.2, -0.15) is 18.2 Å². The van der Waals surface area contributed by atoms with Gasteiger partial charge in [0, 0.05) is 6.54 Å². The van der Waals surface area contributed by atoms with Crippen molar-refractivity contribution in [3.8, 4) is 0 Å². The topological polar surface area (TPSA) is 42.7 Å². The van der Waals surface area contributed by atoms with Crippen LogP contribution in [0.4, 0.5) is 19.1 Å². The third-order valence-electron chi connectivity index (χ3n) is 3.09. The summed E-state index contributed by atoms with van der Waals surface area (Å²) in [5, 5.41) is 6.44. The highest BCUT2D eigenvalue weighted by molar-refractivity contribution is 5.29. The Morgan fingerprint density at radius 1 is 1.25 bits per heavy atom. The lowest BCUT2D eigenvalue weighted by Crippen LogP contribution is -2.25. The summed E-state index contributed by atoms with van der Waals surface area (Å²) in [4.78, 5) is 3.50. The molecule has 1 aromatic rings. The van der Waals surface area contributed by atoms with Gasteiger partial charge in [-0.3, -0.25) is 0 Å². The lowest BCUT2D eigenvalue weighted by Gasteiger charge is -2.23. The molecule has 1 atom stereocenters. The van der Waals surface area contributed by atoms with Crippen LogP contribution in [0.5, 0.6) is 0 Å². The van der Waals surface area contributed by atoms with Gasteiger partial charge in [0.1, 0.15) is 0 Å². The number of alkyl halides is 3. The SMILES string of the molecule is FC(F)(F)c1nc2n(n1)C(C1CC1)CCN2. The maximum Gasteiger partial charge on any atom is 0.453 e. The highest BCUT2D eigenvalue weighted by Gasteiger charge is 2.41. The third-order valence-corrected chi connectivity index (χ3v) is 3.09. The van der Waals surface area contributed by atoms with Gasteiger partial charge in [0.05, 0.1) is 6.04 Å². The number of aromatic nitrogens is 3. The van der Waals surface area contributed by atoms with Crippen LogP contribution in [0, 0.1) is 5.92 Å². The van der Waals surface area contributed by atoms with Crippen molar-refractivity contribution in [2.75, 3.05) is 11.9 Å². The summed E-state index contributed by atoms with van der Waals surface area (Å²) in [6, 6.07) is 0.0971. The molecule has 7 heteroatoms. The fraction of sp³-hybridized carbons (Fsp3) is 0.778. The molecule has 0 bridgehead atoms. The lowest BCUT2D eigenvalue weighted by molar-refractivity contribution is -0.145. The highest BCUT2D eigenvalue weighted by atomic mass is 19.4. The molecule has 4 nitrogen and oxygen atoms in total. The Labute approximate surface area is 89.8 Å². The first-order valence-electron chi connectivity index (χ1n) is 5.33. The monoisotopic (exact) mass is 232 g/mol. The second-order valence-electron chi connectivity index (χ2n) is 4.32. The minimum Gasteiger partial charge on any atom is -0.354 e. The average Bonchev–Trinajstić information content (AvgIpc) is 2.93. The van der Waals surface area contributed by atoms with Crippen molar-refractivity contribution in [2.45, 2.75) is 31.5 Å². The quantitative estimate of drug-likeness (QED) is 0.805. The molecule has 0 spiro atoms. The summed E-state index contributed by atoms with van der Waals surface area (Å²) in [5.41, 5.74) is 0. The van der Waals surface area contributed by atoms with Crippen LogP contribution in [0.25, 0.3) is 0 Å². The third kappa shape index (κ3) is 1.54. The Morgan fingerprint density at radius 2 is 2.00 bits per heavy atom. The van der Waals surface area contributed by atoms with Gasteiger partial charge in [0.2, 0.25) is 5.95 Å². The van der Waals surface area contributed by atoms with Crippen LogP contribution in [0.3, 0.4) is 0 Å². The maximum atomic E-state index is 12.5. The highest BCUT2D eigenvalue weighted by Crippen LogP contribution is 2.44. The number of fused-ring (bicyclic) bond motifs is 1. The van der Waals surface area contributed by atoms with Gasteiger partial charge in [-0.25, -0.2) is 4.68 Å². The minimum atomic E-state index is -4.46. The van der Waals surface area contributed by atoms with Crippen LogP contribution in [0.15, 0.2) is 0 Å². The van der Waals surface area contributed by atoms with Crippen LogP contribution in [-0.2, 0) is 6.18 Å². The number of nitrogens with one attached hydrogen (secondary N) is 1. The Hall–Kier alpha value is -1.27. The molecule has 0 radical (unpaired) electrons. The van der Waals surface area contributed by atoms with E-state index in [0.29, 0.717) is 12.5 Å². The first-order valence-corrected chi connectivity index (χ1v) is 5.33. The van der Waals surface area contributed by atoms with Gasteiger partial charge >= 0.3 is 6.18 Å². The fourth-order valence-electron chi connectivity index (χ4n) is 2.17. The van der Waals surface area contributed by atoms with E-state index in [0.717, 1.165) is 19.3 Å². The van der Waals surface area contributed by atoms with Gasteiger partial charge in [-0.05, 0) is 25.2 Å². The van der Waals surface area contributed by atoms with Crippen molar-refractivity contribution >= 4 is 5.95 Å². The van der Waals surface area contributed by atoms with Crippen molar-refractivity contribution in [2.24, 2.45) is 5.92 Å². The summed E-state index contributed by atoms with van der Waals surface area (Å²) < 4.78 is 38.8. The molecule has 3 rings (SSSR count). The molecule has 0 saturated heterocycles. The number of nitrogens with zero attached hydrogens (tertiary/aromatic N) is 3. The van der Waals surface area contributed by atoms with Gasteiger partial charge in [-0.15, -0.1) is 5.10 Å². The molecule has 88 valence electrons. The van der Waals surface area contributed by atoms with E-state index in [9.17, 15) is 13.2 Å². The standard InChI is InChI=1S/C9H11F3N4/c10-9(11,12)7-14-8-13-4-3-6(5-1-2-5)16(8)15-7/h5-6H,1-4H2,(H,13,14,15). The largest absolute Gasteiger partial charge is 0.453 e. The molecule has 2 heterocycles. The fourth-order valence-corrected chi connectivity index (χ4v) is 2.17. The van der Waals surface area contributed by atoms with E-state index < -0.39 is 12.0 Å². The molecular weight excluding hydrogens is 221 g/mol. The van der Waals surface area contributed by atoms with Gasteiger partial charge < -0.3 is 5.32 Å². The van der Waals surface area contributed by atoms with E-state index in [-0.39, 0.29) is 12.0 Å². The Bertz CT molecular complexity index is 407. The molecule has 0 aromatic carbocycles. The van der Waals surface area contributed by atoms with Crippen molar-refractivity contribution in [1.29, 1.82) is 0 Å². The average molecular weight is 232 g/mol. The second-order valence-corrected chi connectivity index (χ2v) is 4.32. The molecule has 1 fully saturated rings. The number of halogens is 3. The zero-order valence-corrected chi connectivity index (χ0v) is 8.46. The van der Waals surface area contributed by atoms with Crippen LogP contribution >= 0.6 is 0 Å². The zero-order valence-electron chi connectivity index (χ0n) is 8.46. The molecule has 1 saturated carbocycles. The zero-order chi connectivity index (χ0) is 11.3.